The zero-order valence-corrected chi connectivity index (χ0v) is 17.7. The summed E-state index contributed by atoms with van der Waals surface area (Å²) in [6.07, 6.45) is 5.82. The van der Waals surface area contributed by atoms with Crippen LogP contribution in [0.5, 0.6) is 0 Å². The number of nitrogens with one attached hydrogen (secondary N) is 2. The Morgan fingerprint density at radius 2 is 2.04 bits per heavy atom. The molecule has 4 nitrogen and oxygen atoms in total. The molecule has 0 spiro atoms. The highest BCUT2D eigenvalue weighted by Gasteiger charge is 2.44. The molecule has 0 aliphatic heterocycles. The maximum Gasteiger partial charge on any atom is 0.191 e. The fourth-order valence-corrected chi connectivity index (χ4v) is 2.96. The van der Waals surface area contributed by atoms with E-state index in [4.69, 9.17) is 16.3 Å². The number of rotatable bonds is 9. The van der Waals surface area contributed by atoms with E-state index < -0.39 is 0 Å². The monoisotopic (exact) mass is 465 g/mol. The fourth-order valence-electron chi connectivity index (χ4n) is 2.77. The predicted octanol–water partition coefficient (Wildman–Crippen LogP) is 3.97. The highest BCUT2D eigenvalue weighted by Crippen LogP contribution is 2.48. The van der Waals surface area contributed by atoms with Crippen molar-refractivity contribution in [3.63, 3.8) is 0 Å². The molecule has 1 fully saturated rings. The Morgan fingerprint density at radius 3 is 2.67 bits per heavy atom. The molecule has 136 valence electrons. The van der Waals surface area contributed by atoms with Gasteiger partial charge in [0.2, 0.25) is 0 Å². The van der Waals surface area contributed by atoms with Gasteiger partial charge in [-0.05, 0) is 49.8 Å². The van der Waals surface area contributed by atoms with E-state index in [2.05, 4.69) is 27.8 Å². The highest BCUT2D eigenvalue weighted by atomic mass is 127. The minimum absolute atomic E-state index is 0. The summed E-state index contributed by atoms with van der Waals surface area (Å²) in [7, 11) is 3.57. The quantitative estimate of drug-likeness (QED) is 0.251. The van der Waals surface area contributed by atoms with E-state index in [-0.39, 0.29) is 29.4 Å². The zero-order chi connectivity index (χ0) is 16.5. The topological polar surface area (TPSA) is 45.7 Å². The van der Waals surface area contributed by atoms with Gasteiger partial charge < -0.3 is 15.4 Å². The Morgan fingerprint density at radius 1 is 1.25 bits per heavy atom. The molecule has 1 aliphatic rings. The molecule has 0 aromatic heterocycles. The first-order valence-corrected chi connectivity index (χ1v) is 8.77. The number of halogens is 2. The number of nitrogens with zero attached hydrogens (tertiary/aromatic N) is 1. The largest absolute Gasteiger partial charge is 0.385 e. The number of aliphatic imine (C=N–C) groups is 1. The van der Waals surface area contributed by atoms with Crippen molar-refractivity contribution < 1.29 is 4.74 Å². The van der Waals surface area contributed by atoms with E-state index in [9.17, 15) is 0 Å². The summed E-state index contributed by atoms with van der Waals surface area (Å²) < 4.78 is 5.06. The van der Waals surface area contributed by atoms with Gasteiger partial charge in [0.25, 0.3) is 0 Å². The molecule has 0 radical (unpaired) electrons. The Labute approximate surface area is 167 Å². The fraction of sp³-hybridized carbons (Fsp3) is 0.611. The molecule has 1 aliphatic carbocycles. The molecule has 1 aromatic rings. The number of benzene rings is 1. The molecule has 2 N–H and O–H groups in total. The third-order valence-electron chi connectivity index (χ3n) is 4.43. The number of methoxy groups -OCH3 is 1. The molecule has 6 heteroatoms. The number of unbranched alkanes of at least 4 members (excludes halogenated alkanes) is 2. The molecule has 0 heterocycles. The van der Waals surface area contributed by atoms with Crippen molar-refractivity contribution >= 4 is 41.5 Å². The lowest BCUT2D eigenvalue weighted by Gasteiger charge is -2.19. The maximum atomic E-state index is 6.12. The van der Waals surface area contributed by atoms with Crippen molar-refractivity contribution in [3.8, 4) is 0 Å². The predicted molar refractivity (Wildman–Crippen MR) is 113 cm³/mol. The number of guanidine groups is 1. The second kappa shape index (κ2) is 11.2. The van der Waals surface area contributed by atoms with Gasteiger partial charge in [0.1, 0.15) is 0 Å². The summed E-state index contributed by atoms with van der Waals surface area (Å²) in [6.45, 7) is 2.68. The van der Waals surface area contributed by atoms with E-state index in [0.717, 1.165) is 43.5 Å². The SMILES string of the molecule is CN=C(NCCCCCOC)NCC1(c2cccc(Cl)c2)CC1.I. The van der Waals surface area contributed by atoms with Gasteiger partial charge in [0, 0.05) is 44.3 Å². The van der Waals surface area contributed by atoms with Crippen LogP contribution in [0, 0.1) is 0 Å². The van der Waals surface area contributed by atoms with E-state index >= 15 is 0 Å². The Bertz CT molecular complexity index is 521. The van der Waals surface area contributed by atoms with Crippen LogP contribution in [0.25, 0.3) is 0 Å². The summed E-state index contributed by atoms with van der Waals surface area (Å²) in [6, 6.07) is 8.22. The van der Waals surface area contributed by atoms with Crippen LogP contribution in [0.1, 0.15) is 37.7 Å². The van der Waals surface area contributed by atoms with E-state index in [1.54, 1.807) is 7.11 Å². The van der Waals surface area contributed by atoms with Gasteiger partial charge in [-0.2, -0.15) is 0 Å². The van der Waals surface area contributed by atoms with Crippen LogP contribution in [-0.4, -0.2) is 39.8 Å². The molecule has 1 aromatic carbocycles. The van der Waals surface area contributed by atoms with Gasteiger partial charge in [0.05, 0.1) is 0 Å². The standard InChI is InChI=1S/C18H28ClN3O.HI/c1-20-17(21-11-4-3-5-12-23-2)22-14-18(9-10-18)15-7-6-8-16(19)13-15;/h6-8,13H,3-5,9-12,14H2,1-2H3,(H2,20,21,22);1H. The van der Waals surface area contributed by atoms with Crippen molar-refractivity contribution in [2.45, 2.75) is 37.5 Å². The summed E-state index contributed by atoms with van der Waals surface area (Å²) in [4.78, 5) is 4.31. The molecule has 0 bridgehead atoms. The van der Waals surface area contributed by atoms with Gasteiger partial charge in [-0.25, -0.2) is 0 Å². The second-order valence-corrected chi connectivity index (χ2v) is 6.63. The van der Waals surface area contributed by atoms with Crippen LogP contribution in [0.4, 0.5) is 0 Å². The summed E-state index contributed by atoms with van der Waals surface area (Å²) in [5.41, 5.74) is 1.55. The van der Waals surface area contributed by atoms with Crippen LogP contribution < -0.4 is 10.6 Å². The molecule has 24 heavy (non-hydrogen) atoms. The summed E-state index contributed by atoms with van der Waals surface area (Å²) in [5, 5.41) is 7.66. The first kappa shape index (κ1) is 21.5. The van der Waals surface area contributed by atoms with Gasteiger partial charge in [-0.15, -0.1) is 24.0 Å². The average Bonchev–Trinajstić information content (AvgIpc) is 3.35. The Hall–Kier alpha value is -0.530. The van der Waals surface area contributed by atoms with Gasteiger partial charge in [-0.1, -0.05) is 23.7 Å². The Kier molecular flexibility index (Phi) is 10.0. The van der Waals surface area contributed by atoms with Crippen LogP contribution in [-0.2, 0) is 10.2 Å². The zero-order valence-electron chi connectivity index (χ0n) is 14.6. The van der Waals surface area contributed by atoms with Crippen molar-refractivity contribution in [2.24, 2.45) is 4.99 Å². The number of ether oxygens (including phenoxy) is 1. The van der Waals surface area contributed by atoms with Gasteiger partial charge >= 0.3 is 0 Å². The lowest BCUT2D eigenvalue weighted by molar-refractivity contribution is 0.192. The van der Waals surface area contributed by atoms with Crippen LogP contribution in [0.2, 0.25) is 5.02 Å². The normalized spacial score (nSPS) is 15.5. The Balaban J connectivity index is 0.00000288. The van der Waals surface area contributed by atoms with E-state index in [1.807, 2.05) is 19.2 Å². The van der Waals surface area contributed by atoms with Crippen molar-refractivity contribution in [1.82, 2.24) is 10.6 Å². The summed E-state index contributed by atoms with van der Waals surface area (Å²) >= 11 is 6.12. The molecule has 0 saturated heterocycles. The maximum absolute atomic E-state index is 6.12. The van der Waals surface area contributed by atoms with E-state index in [0.29, 0.717) is 0 Å². The van der Waals surface area contributed by atoms with Gasteiger partial charge in [-0.3, -0.25) is 4.99 Å². The first-order valence-electron chi connectivity index (χ1n) is 8.40. The molecule has 2 rings (SSSR count). The third kappa shape index (κ3) is 6.76. The first-order chi connectivity index (χ1) is 11.2. The van der Waals surface area contributed by atoms with Crippen molar-refractivity contribution in [2.75, 3.05) is 33.9 Å². The third-order valence-corrected chi connectivity index (χ3v) is 4.66. The van der Waals surface area contributed by atoms with Crippen molar-refractivity contribution in [3.05, 3.63) is 34.9 Å². The number of hydrogen-bond acceptors (Lipinski definition) is 2. The molecular formula is C18H29ClIN3O. The molecule has 0 amide bonds. The molecular weight excluding hydrogens is 437 g/mol. The molecule has 0 atom stereocenters. The van der Waals surface area contributed by atoms with Crippen LogP contribution in [0.15, 0.2) is 29.3 Å². The molecule has 0 unspecified atom stereocenters. The minimum atomic E-state index is 0. The smallest absolute Gasteiger partial charge is 0.191 e. The lowest BCUT2D eigenvalue weighted by Crippen LogP contribution is -2.41. The second-order valence-electron chi connectivity index (χ2n) is 6.20. The molecule has 1 saturated carbocycles. The average molecular weight is 466 g/mol. The van der Waals surface area contributed by atoms with Crippen molar-refractivity contribution in [1.29, 1.82) is 0 Å². The van der Waals surface area contributed by atoms with E-state index in [1.165, 1.54) is 24.8 Å². The van der Waals surface area contributed by atoms with Crippen LogP contribution in [0.3, 0.4) is 0 Å². The highest BCUT2D eigenvalue weighted by molar-refractivity contribution is 14.0. The minimum Gasteiger partial charge on any atom is -0.385 e. The van der Waals surface area contributed by atoms with Gasteiger partial charge in [0.15, 0.2) is 5.96 Å². The lowest BCUT2D eigenvalue weighted by atomic mass is 9.96. The number of hydrogen-bond donors (Lipinski definition) is 2. The summed E-state index contributed by atoms with van der Waals surface area (Å²) in [5.74, 6) is 0.880. The van der Waals surface area contributed by atoms with Crippen LogP contribution >= 0.6 is 35.6 Å².